The SMILES string of the molecule is CN=C(NCCN(C)CCCOC)NCc1cccc(Cn2ccnc2C)c1. The van der Waals surface area contributed by atoms with Gasteiger partial charge in [-0.25, -0.2) is 4.98 Å². The third-order valence-electron chi connectivity index (χ3n) is 4.63. The molecule has 1 aromatic heterocycles. The molecule has 2 aromatic rings. The van der Waals surface area contributed by atoms with Crippen LogP contribution >= 0.6 is 0 Å². The summed E-state index contributed by atoms with van der Waals surface area (Å²) >= 11 is 0. The van der Waals surface area contributed by atoms with Gasteiger partial charge in [-0.3, -0.25) is 4.99 Å². The first-order valence-corrected chi connectivity index (χ1v) is 9.80. The Bertz CT molecular complexity index is 727. The van der Waals surface area contributed by atoms with Gasteiger partial charge in [-0.15, -0.1) is 0 Å². The number of imidazole rings is 1. The molecule has 0 radical (unpaired) electrons. The molecule has 0 fully saturated rings. The average molecular weight is 387 g/mol. The summed E-state index contributed by atoms with van der Waals surface area (Å²) in [6.07, 6.45) is 4.90. The van der Waals surface area contributed by atoms with E-state index in [-0.39, 0.29) is 0 Å². The number of rotatable bonds is 11. The number of nitrogens with zero attached hydrogens (tertiary/aromatic N) is 4. The second-order valence-electron chi connectivity index (χ2n) is 6.92. The fourth-order valence-electron chi connectivity index (χ4n) is 2.97. The van der Waals surface area contributed by atoms with E-state index in [0.29, 0.717) is 0 Å². The number of methoxy groups -OCH3 is 1. The van der Waals surface area contributed by atoms with Gasteiger partial charge in [0.1, 0.15) is 5.82 Å². The highest BCUT2D eigenvalue weighted by Gasteiger charge is 2.03. The molecule has 2 N–H and O–H groups in total. The summed E-state index contributed by atoms with van der Waals surface area (Å²) in [5, 5.41) is 6.76. The molecule has 154 valence electrons. The second kappa shape index (κ2) is 12.2. The normalized spacial score (nSPS) is 11.8. The van der Waals surface area contributed by atoms with Crippen LogP contribution in [-0.2, 0) is 17.8 Å². The van der Waals surface area contributed by atoms with Crippen molar-refractivity contribution in [1.82, 2.24) is 25.1 Å². The number of hydrogen-bond donors (Lipinski definition) is 2. The summed E-state index contributed by atoms with van der Waals surface area (Å²) in [5.41, 5.74) is 2.50. The molecule has 0 unspecified atom stereocenters. The molecule has 2 rings (SSSR count). The number of nitrogens with one attached hydrogen (secondary N) is 2. The third-order valence-corrected chi connectivity index (χ3v) is 4.63. The Kier molecular flexibility index (Phi) is 9.51. The predicted molar refractivity (Wildman–Crippen MR) is 115 cm³/mol. The maximum atomic E-state index is 5.09. The average Bonchev–Trinajstić information content (AvgIpc) is 3.09. The van der Waals surface area contributed by atoms with Crippen LogP contribution in [0, 0.1) is 6.92 Å². The molecule has 7 heteroatoms. The molecule has 0 spiro atoms. The molecular formula is C21H34N6O. The number of likely N-dealkylation sites (N-methyl/N-ethyl adjacent to an activating group) is 1. The highest BCUT2D eigenvalue weighted by Crippen LogP contribution is 2.08. The maximum Gasteiger partial charge on any atom is 0.191 e. The molecular weight excluding hydrogens is 352 g/mol. The minimum Gasteiger partial charge on any atom is -0.385 e. The molecule has 0 saturated heterocycles. The lowest BCUT2D eigenvalue weighted by atomic mass is 10.1. The predicted octanol–water partition coefficient (Wildman–Crippen LogP) is 1.87. The van der Waals surface area contributed by atoms with Crippen molar-refractivity contribution in [3.63, 3.8) is 0 Å². The van der Waals surface area contributed by atoms with Crippen LogP contribution in [0.4, 0.5) is 0 Å². The highest BCUT2D eigenvalue weighted by atomic mass is 16.5. The Balaban J connectivity index is 1.75. The largest absolute Gasteiger partial charge is 0.385 e. The van der Waals surface area contributed by atoms with Gasteiger partial charge in [0.25, 0.3) is 0 Å². The number of aryl methyl sites for hydroxylation is 1. The van der Waals surface area contributed by atoms with E-state index in [1.165, 1.54) is 11.1 Å². The third kappa shape index (κ3) is 7.70. The van der Waals surface area contributed by atoms with E-state index in [1.807, 2.05) is 19.3 Å². The fraction of sp³-hybridized carbons (Fsp3) is 0.524. The molecule has 0 atom stereocenters. The van der Waals surface area contributed by atoms with Gasteiger partial charge in [0.15, 0.2) is 5.96 Å². The van der Waals surface area contributed by atoms with Crippen LogP contribution < -0.4 is 10.6 Å². The topological polar surface area (TPSA) is 66.7 Å². The first kappa shape index (κ1) is 21.9. The van der Waals surface area contributed by atoms with Crippen LogP contribution in [0.2, 0.25) is 0 Å². The van der Waals surface area contributed by atoms with Gasteiger partial charge < -0.3 is 24.8 Å². The molecule has 0 aliphatic rings. The number of hydrogen-bond acceptors (Lipinski definition) is 4. The molecule has 28 heavy (non-hydrogen) atoms. The Hall–Kier alpha value is -2.38. The van der Waals surface area contributed by atoms with Crippen molar-refractivity contribution in [1.29, 1.82) is 0 Å². The van der Waals surface area contributed by atoms with E-state index in [0.717, 1.165) is 57.5 Å². The van der Waals surface area contributed by atoms with E-state index < -0.39 is 0 Å². The van der Waals surface area contributed by atoms with Crippen molar-refractivity contribution < 1.29 is 4.74 Å². The van der Waals surface area contributed by atoms with Crippen molar-refractivity contribution in [3.8, 4) is 0 Å². The molecule has 0 bridgehead atoms. The Morgan fingerprint density at radius 2 is 2.07 bits per heavy atom. The Morgan fingerprint density at radius 3 is 2.79 bits per heavy atom. The molecule has 1 heterocycles. The molecule has 7 nitrogen and oxygen atoms in total. The first-order valence-electron chi connectivity index (χ1n) is 9.80. The molecule has 0 aliphatic heterocycles. The first-order chi connectivity index (χ1) is 13.6. The summed E-state index contributed by atoms with van der Waals surface area (Å²) in [7, 11) is 5.67. The number of aromatic nitrogens is 2. The van der Waals surface area contributed by atoms with Gasteiger partial charge in [0.05, 0.1) is 0 Å². The summed E-state index contributed by atoms with van der Waals surface area (Å²) < 4.78 is 7.24. The summed E-state index contributed by atoms with van der Waals surface area (Å²) in [6, 6.07) is 8.61. The minimum atomic E-state index is 0.736. The van der Waals surface area contributed by atoms with Gasteiger partial charge in [0.2, 0.25) is 0 Å². The zero-order chi connectivity index (χ0) is 20.2. The van der Waals surface area contributed by atoms with Gasteiger partial charge in [-0.05, 0) is 31.5 Å². The van der Waals surface area contributed by atoms with Crippen molar-refractivity contribution in [2.24, 2.45) is 4.99 Å². The summed E-state index contributed by atoms with van der Waals surface area (Å²) in [4.78, 5) is 10.9. The van der Waals surface area contributed by atoms with Crippen LogP contribution in [-0.4, -0.2) is 67.9 Å². The minimum absolute atomic E-state index is 0.736. The smallest absolute Gasteiger partial charge is 0.191 e. The molecule has 0 saturated carbocycles. The highest BCUT2D eigenvalue weighted by molar-refractivity contribution is 5.79. The zero-order valence-corrected chi connectivity index (χ0v) is 17.6. The van der Waals surface area contributed by atoms with Gasteiger partial charge in [-0.1, -0.05) is 24.3 Å². The lowest BCUT2D eigenvalue weighted by Gasteiger charge is -2.18. The second-order valence-corrected chi connectivity index (χ2v) is 6.92. The number of guanidine groups is 1. The molecule has 0 aliphatic carbocycles. The van der Waals surface area contributed by atoms with E-state index in [4.69, 9.17) is 4.74 Å². The number of aliphatic imine (C=N–C) groups is 1. The Morgan fingerprint density at radius 1 is 1.25 bits per heavy atom. The lowest BCUT2D eigenvalue weighted by Crippen LogP contribution is -2.40. The monoisotopic (exact) mass is 386 g/mol. The van der Waals surface area contributed by atoms with Gasteiger partial charge in [0, 0.05) is 65.9 Å². The fourth-order valence-corrected chi connectivity index (χ4v) is 2.97. The zero-order valence-electron chi connectivity index (χ0n) is 17.6. The maximum absolute atomic E-state index is 5.09. The Labute approximate surface area is 168 Å². The van der Waals surface area contributed by atoms with E-state index in [9.17, 15) is 0 Å². The van der Waals surface area contributed by atoms with Gasteiger partial charge >= 0.3 is 0 Å². The molecule has 0 amide bonds. The van der Waals surface area contributed by atoms with Crippen LogP contribution in [0.25, 0.3) is 0 Å². The quantitative estimate of drug-likeness (QED) is 0.351. The van der Waals surface area contributed by atoms with Crippen LogP contribution in [0.1, 0.15) is 23.4 Å². The van der Waals surface area contributed by atoms with Crippen molar-refractivity contribution >= 4 is 5.96 Å². The van der Waals surface area contributed by atoms with Crippen molar-refractivity contribution in [3.05, 3.63) is 53.6 Å². The van der Waals surface area contributed by atoms with Crippen molar-refractivity contribution in [2.75, 3.05) is 47.4 Å². The number of benzene rings is 1. The van der Waals surface area contributed by atoms with Crippen LogP contribution in [0.15, 0.2) is 41.7 Å². The standard InChI is InChI=1S/C21H34N6O/c1-18-23-10-13-27(18)17-20-8-5-7-19(15-20)16-25-21(22-2)24-9-12-26(3)11-6-14-28-4/h5,7-8,10,13,15H,6,9,11-12,14,16-17H2,1-4H3,(H2,22,24,25). The summed E-state index contributed by atoms with van der Waals surface area (Å²) in [6.45, 7) is 7.25. The van der Waals surface area contributed by atoms with Gasteiger partial charge in [-0.2, -0.15) is 0 Å². The van der Waals surface area contributed by atoms with E-state index in [2.05, 4.69) is 61.4 Å². The van der Waals surface area contributed by atoms with Crippen molar-refractivity contribution in [2.45, 2.75) is 26.4 Å². The van der Waals surface area contributed by atoms with Crippen LogP contribution in [0.5, 0.6) is 0 Å². The summed E-state index contributed by atoms with van der Waals surface area (Å²) in [5.74, 6) is 1.85. The molecule has 1 aromatic carbocycles. The lowest BCUT2D eigenvalue weighted by molar-refractivity contribution is 0.180. The van der Waals surface area contributed by atoms with E-state index in [1.54, 1.807) is 14.2 Å². The van der Waals surface area contributed by atoms with E-state index >= 15 is 0 Å². The van der Waals surface area contributed by atoms with Crippen LogP contribution in [0.3, 0.4) is 0 Å². The number of ether oxygens (including phenoxy) is 1.